The molecule has 2 amide bonds. The Bertz CT molecular complexity index is 858. The first-order valence-electron chi connectivity index (χ1n) is 9.89. The fraction of sp³-hybridized carbons (Fsp3) is 0.348. The summed E-state index contributed by atoms with van der Waals surface area (Å²) in [5.74, 6) is -0.388. The van der Waals surface area contributed by atoms with E-state index >= 15 is 0 Å². The molecular weight excluding hydrogens is 366 g/mol. The Labute approximate surface area is 172 Å². The van der Waals surface area contributed by atoms with Crippen LogP contribution in [0.3, 0.4) is 0 Å². The second-order valence-electron chi connectivity index (χ2n) is 6.79. The molecule has 0 saturated carbocycles. The number of hydrogen-bond acceptors (Lipinski definition) is 4. The Morgan fingerprint density at radius 1 is 0.897 bits per heavy atom. The Kier molecular flexibility index (Phi) is 7.95. The first-order chi connectivity index (χ1) is 13.8. The molecule has 1 N–H and O–H groups in total. The van der Waals surface area contributed by atoms with Gasteiger partial charge in [0, 0.05) is 55.6 Å². The van der Waals surface area contributed by atoms with Crippen molar-refractivity contribution in [1.82, 2.24) is 0 Å². The van der Waals surface area contributed by atoms with Crippen molar-refractivity contribution in [2.45, 2.75) is 34.1 Å². The molecule has 0 atom stereocenters. The summed E-state index contributed by atoms with van der Waals surface area (Å²) in [4.78, 5) is 39.7. The first-order valence-corrected chi connectivity index (χ1v) is 9.89. The fourth-order valence-corrected chi connectivity index (χ4v) is 3.15. The second kappa shape index (κ2) is 10.4. The molecule has 2 aromatic carbocycles. The summed E-state index contributed by atoms with van der Waals surface area (Å²) in [5.41, 5.74) is 2.98. The predicted molar refractivity (Wildman–Crippen MR) is 118 cm³/mol. The van der Waals surface area contributed by atoms with Crippen molar-refractivity contribution < 1.29 is 14.4 Å². The summed E-state index contributed by atoms with van der Waals surface area (Å²) in [6.45, 7) is 9.28. The molecule has 6 heteroatoms. The third-order valence-corrected chi connectivity index (χ3v) is 4.79. The van der Waals surface area contributed by atoms with Crippen LogP contribution < -0.4 is 15.1 Å². The summed E-state index contributed by atoms with van der Waals surface area (Å²) in [7, 11) is 0. The van der Waals surface area contributed by atoms with E-state index < -0.39 is 0 Å². The molecular formula is C23H29N3O3. The number of amides is 2. The van der Waals surface area contributed by atoms with Gasteiger partial charge in [-0.3, -0.25) is 14.4 Å². The van der Waals surface area contributed by atoms with Gasteiger partial charge < -0.3 is 15.1 Å². The summed E-state index contributed by atoms with van der Waals surface area (Å²) in [6, 6.07) is 14.6. The maximum Gasteiger partial charge on any atom is 0.226 e. The van der Waals surface area contributed by atoms with Crippen molar-refractivity contribution in [2.75, 3.05) is 34.8 Å². The summed E-state index contributed by atoms with van der Waals surface area (Å²) in [5, 5.41) is 2.79. The molecule has 0 fully saturated rings. The van der Waals surface area contributed by atoms with E-state index in [1.165, 1.54) is 13.8 Å². The quantitative estimate of drug-likeness (QED) is 0.649. The topological polar surface area (TPSA) is 69.7 Å². The van der Waals surface area contributed by atoms with Gasteiger partial charge in [0.05, 0.1) is 0 Å². The maximum atomic E-state index is 12.3. The lowest BCUT2D eigenvalue weighted by molar-refractivity contribution is -0.117. The maximum absolute atomic E-state index is 12.3. The van der Waals surface area contributed by atoms with Gasteiger partial charge in [0.15, 0.2) is 5.78 Å². The number of nitrogens with zero attached hydrogens (tertiary/aromatic N) is 2. The second-order valence-corrected chi connectivity index (χ2v) is 6.79. The molecule has 0 aliphatic rings. The van der Waals surface area contributed by atoms with Crippen LogP contribution in [-0.2, 0) is 9.59 Å². The third-order valence-electron chi connectivity index (χ3n) is 4.79. The van der Waals surface area contributed by atoms with Gasteiger partial charge in [-0.25, -0.2) is 0 Å². The summed E-state index contributed by atoms with van der Waals surface area (Å²) >= 11 is 0. The van der Waals surface area contributed by atoms with Gasteiger partial charge in [-0.2, -0.15) is 0 Å². The highest BCUT2D eigenvalue weighted by atomic mass is 16.2. The Hall–Kier alpha value is -3.15. The number of rotatable bonds is 9. The molecule has 29 heavy (non-hydrogen) atoms. The van der Waals surface area contributed by atoms with Crippen LogP contribution in [-0.4, -0.2) is 37.2 Å². The smallest absolute Gasteiger partial charge is 0.226 e. The minimum Gasteiger partial charge on any atom is -0.372 e. The molecule has 0 aromatic heterocycles. The zero-order valence-electron chi connectivity index (χ0n) is 17.6. The van der Waals surface area contributed by atoms with E-state index in [0.29, 0.717) is 11.3 Å². The molecule has 0 aliphatic heterocycles. The molecule has 6 nitrogen and oxygen atoms in total. The van der Waals surface area contributed by atoms with Crippen molar-refractivity contribution in [3.05, 3.63) is 54.1 Å². The minimum atomic E-state index is -0.211. The van der Waals surface area contributed by atoms with Crippen molar-refractivity contribution in [2.24, 2.45) is 0 Å². The zero-order chi connectivity index (χ0) is 21.4. The number of carbonyl (C=O) groups is 3. The van der Waals surface area contributed by atoms with Gasteiger partial charge in [-0.1, -0.05) is 12.1 Å². The number of ketones is 1. The normalized spacial score (nSPS) is 10.3. The molecule has 0 unspecified atom stereocenters. The third kappa shape index (κ3) is 6.17. The van der Waals surface area contributed by atoms with Crippen LogP contribution in [0.1, 0.15) is 44.5 Å². The molecule has 2 rings (SSSR count). The van der Waals surface area contributed by atoms with E-state index in [2.05, 4.69) is 24.1 Å². The van der Waals surface area contributed by atoms with Crippen LogP contribution in [0.2, 0.25) is 0 Å². The summed E-state index contributed by atoms with van der Waals surface area (Å²) < 4.78 is 0. The lowest BCUT2D eigenvalue weighted by Gasteiger charge is -2.24. The molecule has 0 spiro atoms. The van der Waals surface area contributed by atoms with Gasteiger partial charge in [0.1, 0.15) is 0 Å². The number of Topliss-reactive ketones (excluding diaryl/α,β-unsaturated/α-hetero) is 1. The van der Waals surface area contributed by atoms with E-state index in [-0.39, 0.29) is 30.6 Å². The monoisotopic (exact) mass is 395 g/mol. The molecule has 0 aliphatic carbocycles. The van der Waals surface area contributed by atoms with Crippen LogP contribution in [0.5, 0.6) is 0 Å². The molecule has 0 bridgehead atoms. The Morgan fingerprint density at radius 3 is 2.07 bits per heavy atom. The van der Waals surface area contributed by atoms with E-state index in [9.17, 15) is 14.4 Å². The molecule has 154 valence electrons. The van der Waals surface area contributed by atoms with Crippen LogP contribution >= 0.6 is 0 Å². The highest BCUT2D eigenvalue weighted by Gasteiger charge is 2.14. The van der Waals surface area contributed by atoms with Crippen molar-refractivity contribution >= 4 is 34.7 Å². The van der Waals surface area contributed by atoms with Crippen molar-refractivity contribution in [3.8, 4) is 0 Å². The predicted octanol–water partition coefficient (Wildman–Crippen LogP) is 4.12. The van der Waals surface area contributed by atoms with E-state index in [4.69, 9.17) is 0 Å². The van der Waals surface area contributed by atoms with Crippen LogP contribution in [0.15, 0.2) is 48.5 Å². The molecule has 0 radical (unpaired) electrons. The number of nitrogens with one attached hydrogen (secondary N) is 1. The van der Waals surface area contributed by atoms with Crippen LogP contribution in [0.4, 0.5) is 17.1 Å². The number of hydrogen-bond donors (Lipinski definition) is 1. The van der Waals surface area contributed by atoms with E-state index in [0.717, 1.165) is 24.5 Å². The average molecular weight is 396 g/mol. The van der Waals surface area contributed by atoms with Crippen LogP contribution in [0.25, 0.3) is 0 Å². The van der Waals surface area contributed by atoms with Gasteiger partial charge in [-0.15, -0.1) is 0 Å². The standard InChI is InChI=1S/C23H29N3O3/c1-5-25(6-2)21-10-12-22(13-11-21)26(18(4)28)15-14-23(29)24-20-9-7-8-19(16-20)17(3)27/h7-13,16H,5-6,14-15H2,1-4H3,(H,24,29). The van der Waals surface area contributed by atoms with Crippen molar-refractivity contribution in [1.29, 1.82) is 0 Å². The van der Waals surface area contributed by atoms with Crippen LogP contribution in [0, 0.1) is 0 Å². The highest BCUT2D eigenvalue weighted by molar-refractivity contribution is 5.98. The molecule has 0 heterocycles. The molecule has 0 saturated heterocycles. The van der Waals surface area contributed by atoms with E-state index in [1.54, 1.807) is 29.2 Å². The lowest BCUT2D eigenvalue weighted by Crippen LogP contribution is -2.32. The fourth-order valence-electron chi connectivity index (χ4n) is 3.15. The van der Waals surface area contributed by atoms with Gasteiger partial charge in [0.25, 0.3) is 0 Å². The van der Waals surface area contributed by atoms with Crippen molar-refractivity contribution in [3.63, 3.8) is 0 Å². The van der Waals surface area contributed by atoms with Gasteiger partial charge in [-0.05, 0) is 57.2 Å². The SMILES string of the molecule is CCN(CC)c1ccc(N(CCC(=O)Nc2cccc(C(C)=O)c2)C(C)=O)cc1. The van der Waals surface area contributed by atoms with Gasteiger partial charge in [0.2, 0.25) is 11.8 Å². The Morgan fingerprint density at radius 2 is 1.52 bits per heavy atom. The lowest BCUT2D eigenvalue weighted by atomic mass is 10.1. The number of carbonyl (C=O) groups excluding carboxylic acids is 3. The largest absolute Gasteiger partial charge is 0.372 e. The number of benzene rings is 2. The molecule has 2 aromatic rings. The van der Waals surface area contributed by atoms with E-state index in [1.807, 2.05) is 24.3 Å². The zero-order valence-corrected chi connectivity index (χ0v) is 17.6. The summed E-state index contributed by atoms with van der Waals surface area (Å²) in [6.07, 6.45) is 0.154. The minimum absolute atomic E-state index is 0.0583. The average Bonchev–Trinajstić information content (AvgIpc) is 2.70. The number of anilines is 3. The van der Waals surface area contributed by atoms with Gasteiger partial charge >= 0.3 is 0 Å². The first kappa shape index (κ1) is 22.1. The highest BCUT2D eigenvalue weighted by Crippen LogP contribution is 2.21. The Balaban J connectivity index is 2.02.